The minimum Gasteiger partial charge on any atom is -0.465 e. The Bertz CT molecular complexity index is 475. The standard InChI is InChI=1S/C14H18N2O3/c1-10-8-16(14(18)19)13(9-15(10)11(2)17)12-6-4-3-5-7-12/h3-7,10,13H,8-9H2,1-2H3,(H,18,19)/t10-,13-/m1/s1. The SMILES string of the molecule is CC(=O)N1C[C@H](c2ccccc2)N(C(=O)O)C[C@H]1C. The van der Waals surface area contributed by atoms with Crippen molar-refractivity contribution in [2.75, 3.05) is 13.1 Å². The van der Waals surface area contributed by atoms with E-state index in [1.165, 1.54) is 11.8 Å². The second kappa shape index (κ2) is 5.30. The number of nitrogens with zero attached hydrogens (tertiary/aromatic N) is 2. The maximum absolute atomic E-state index is 11.6. The monoisotopic (exact) mass is 262 g/mol. The van der Waals surface area contributed by atoms with Crippen molar-refractivity contribution in [3.63, 3.8) is 0 Å². The molecule has 2 atom stereocenters. The van der Waals surface area contributed by atoms with Crippen LogP contribution in [0.2, 0.25) is 0 Å². The van der Waals surface area contributed by atoms with Crippen molar-refractivity contribution in [2.24, 2.45) is 0 Å². The van der Waals surface area contributed by atoms with E-state index in [-0.39, 0.29) is 18.0 Å². The molecule has 0 radical (unpaired) electrons. The van der Waals surface area contributed by atoms with Crippen molar-refractivity contribution in [3.8, 4) is 0 Å². The summed E-state index contributed by atoms with van der Waals surface area (Å²) in [7, 11) is 0. The fourth-order valence-electron chi connectivity index (χ4n) is 2.59. The third-order valence-electron chi connectivity index (χ3n) is 3.57. The van der Waals surface area contributed by atoms with E-state index in [0.29, 0.717) is 13.1 Å². The molecular formula is C14H18N2O3. The van der Waals surface area contributed by atoms with Crippen molar-refractivity contribution in [3.05, 3.63) is 35.9 Å². The Morgan fingerprint density at radius 3 is 2.32 bits per heavy atom. The predicted octanol–water partition coefficient (Wildman–Crippen LogP) is 1.96. The molecule has 2 rings (SSSR count). The largest absolute Gasteiger partial charge is 0.465 e. The van der Waals surface area contributed by atoms with Crippen LogP contribution in [0.25, 0.3) is 0 Å². The summed E-state index contributed by atoms with van der Waals surface area (Å²) < 4.78 is 0. The Balaban J connectivity index is 2.31. The molecule has 0 aliphatic carbocycles. The second-order valence-corrected chi connectivity index (χ2v) is 4.88. The molecule has 2 amide bonds. The van der Waals surface area contributed by atoms with Crippen LogP contribution in [0.1, 0.15) is 25.5 Å². The molecule has 1 aliphatic heterocycles. The maximum Gasteiger partial charge on any atom is 0.407 e. The number of benzene rings is 1. The average molecular weight is 262 g/mol. The first-order valence-electron chi connectivity index (χ1n) is 6.32. The molecular weight excluding hydrogens is 244 g/mol. The molecule has 5 nitrogen and oxygen atoms in total. The van der Waals surface area contributed by atoms with Gasteiger partial charge in [-0.1, -0.05) is 30.3 Å². The summed E-state index contributed by atoms with van der Waals surface area (Å²) in [5.41, 5.74) is 0.919. The first-order valence-corrected chi connectivity index (χ1v) is 6.32. The zero-order valence-corrected chi connectivity index (χ0v) is 11.1. The van der Waals surface area contributed by atoms with Crippen molar-refractivity contribution >= 4 is 12.0 Å². The Hall–Kier alpha value is -2.04. The highest BCUT2D eigenvalue weighted by Crippen LogP contribution is 2.27. The van der Waals surface area contributed by atoms with Gasteiger partial charge in [0.05, 0.1) is 6.04 Å². The first kappa shape index (κ1) is 13.4. The van der Waals surface area contributed by atoms with E-state index < -0.39 is 6.09 Å². The molecule has 1 N–H and O–H groups in total. The lowest BCUT2D eigenvalue weighted by Crippen LogP contribution is -2.56. The molecule has 19 heavy (non-hydrogen) atoms. The lowest BCUT2D eigenvalue weighted by molar-refractivity contribution is -0.134. The van der Waals surface area contributed by atoms with Crippen molar-refractivity contribution in [1.29, 1.82) is 0 Å². The minimum absolute atomic E-state index is 0.0153. The van der Waals surface area contributed by atoms with Gasteiger partial charge in [0.1, 0.15) is 0 Å². The van der Waals surface area contributed by atoms with Gasteiger partial charge >= 0.3 is 6.09 Å². The zero-order valence-electron chi connectivity index (χ0n) is 11.1. The van der Waals surface area contributed by atoms with E-state index in [9.17, 15) is 14.7 Å². The highest BCUT2D eigenvalue weighted by Gasteiger charge is 2.36. The van der Waals surface area contributed by atoms with Gasteiger partial charge < -0.3 is 10.0 Å². The number of amides is 2. The van der Waals surface area contributed by atoms with Gasteiger partial charge in [-0.2, -0.15) is 0 Å². The Morgan fingerprint density at radius 1 is 1.16 bits per heavy atom. The van der Waals surface area contributed by atoms with Gasteiger partial charge in [0.25, 0.3) is 0 Å². The molecule has 0 bridgehead atoms. The molecule has 0 saturated carbocycles. The molecule has 102 valence electrons. The number of hydrogen-bond acceptors (Lipinski definition) is 2. The minimum atomic E-state index is -0.941. The van der Waals surface area contributed by atoms with Crippen LogP contribution in [-0.4, -0.2) is 46.0 Å². The summed E-state index contributed by atoms with van der Waals surface area (Å²) in [5, 5.41) is 9.34. The van der Waals surface area contributed by atoms with E-state index in [4.69, 9.17) is 0 Å². The van der Waals surface area contributed by atoms with Gasteiger partial charge in [-0.25, -0.2) is 4.79 Å². The summed E-state index contributed by atoms with van der Waals surface area (Å²) in [4.78, 5) is 26.2. The van der Waals surface area contributed by atoms with Gasteiger partial charge in [0.2, 0.25) is 5.91 Å². The smallest absolute Gasteiger partial charge is 0.407 e. The van der Waals surface area contributed by atoms with Crippen LogP contribution in [0.5, 0.6) is 0 Å². The molecule has 0 unspecified atom stereocenters. The number of carbonyl (C=O) groups is 2. The Morgan fingerprint density at radius 2 is 1.79 bits per heavy atom. The van der Waals surface area contributed by atoms with Gasteiger partial charge in [-0.3, -0.25) is 9.69 Å². The van der Waals surface area contributed by atoms with Gasteiger partial charge in [-0.05, 0) is 12.5 Å². The zero-order chi connectivity index (χ0) is 14.0. The van der Waals surface area contributed by atoms with Gasteiger partial charge in [0.15, 0.2) is 0 Å². The fourth-order valence-corrected chi connectivity index (χ4v) is 2.59. The number of carbonyl (C=O) groups excluding carboxylic acids is 1. The fraction of sp³-hybridized carbons (Fsp3) is 0.429. The molecule has 0 spiro atoms. The number of carboxylic acid groups (broad SMARTS) is 1. The van der Waals surface area contributed by atoms with Crippen molar-refractivity contribution in [1.82, 2.24) is 9.80 Å². The molecule has 1 heterocycles. The topological polar surface area (TPSA) is 60.9 Å². The summed E-state index contributed by atoms with van der Waals surface area (Å²) in [6.07, 6.45) is -0.941. The molecule has 1 saturated heterocycles. The lowest BCUT2D eigenvalue weighted by Gasteiger charge is -2.43. The summed E-state index contributed by atoms with van der Waals surface area (Å²) in [5.74, 6) is -0.0153. The average Bonchev–Trinajstić information content (AvgIpc) is 2.38. The number of rotatable bonds is 1. The first-order chi connectivity index (χ1) is 9.00. The molecule has 0 aromatic heterocycles. The molecule has 1 aliphatic rings. The third-order valence-corrected chi connectivity index (χ3v) is 3.57. The van der Waals surface area contributed by atoms with Crippen molar-refractivity contribution in [2.45, 2.75) is 25.9 Å². The van der Waals surface area contributed by atoms with E-state index in [2.05, 4.69) is 0 Å². The summed E-state index contributed by atoms with van der Waals surface area (Å²) in [6, 6.07) is 9.07. The van der Waals surface area contributed by atoms with E-state index >= 15 is 0 Å². The molecule has 1 fully saturated rings. The number of hydrogen-bond donors (Lipinski definition) is 1. The Kier molecular flexibility index (Phi) is 3.74. The Labute approximate surface area is 112 Å². The van der Waals surface area contributed by atoms with Crippen LogP contribution in [-0.2, 0) is 4.79 Å². The third kappa shape index (κ3) is 2.70. The number of piperazine rings is 1. The van der Waals surface area contributed by atoms with E-state index in [1.54, 1.807) is 4.90 Å². The summed E-state index contributed by atoms with van der Waals surface area (Å²) >= 11 is 0. The normalized spacial score (nSPS) is 23.3. The predicted molar refractivity (Wildman–Crippen MR) is 70.8 cm³/mol. The van der Waals surface area contributed by atoms with E-state index in [0.717, 1.165) is 5.56 Å². The molecule has 1 aromatic carbocycles. The van der Waals surface area contributed by atoms with Crippen LogP contribution in [0.4, 0.5) is 4.79 Å². The van der Waals surface area contributed by atoms with Crippen LogP contribution in [0.3, 0.4) is 0 Å². The lowest BCUT2D eigenvalue weighted by atomic mass is 10.0. The van der Waals surface area contributed by atoms with Gasteiger partial charge in [-0.15, -0.1) is 0 Å². The summed E-state index contributed by atoms with van der Waals surface area (Å²) in [6.45, 7) is 4.15. The van der Waals surface area contributed by atoms with Crippen LogP contribution >= 0.6 is 0 Å². The quantitative estimate of drug-likeness (QED) is 0.841. The highest BCUT2D eigenvalue weighted by molar-refractivity contribution is 5.74. The van der Waals surface area contributed by atoms with E-state index in [1.807, 2.05) is 37.3 Å². The van der Waals surface area contributed by atoms with Crippen molar-refractivity contribution < 1.29 is 14.7 Å². The molecule has 1 aromatic rings. The van der Waals surface area contributed by atoms with Crippen LogP contribution < -0.4 is 0 Å². The second-order valence-electron chi connectivity index (χ2n) is 4.88. The van der Waals surface area contributed by atoms with Crippen LogP contribution in [0.15, 0.2) is 30.3 Å². The van der Waals surface area contributed by atoms with Crippen LogP contribution in [0, 0.1) is 0 Å². The maximum atomic E-state index is 11.6. The highest BCUT2D eigenvalue weighted by atomic mass is 16.4. The van der Waals surface area contributed by atoms with Gasteiger partial charge in [0, 0.05) is 26.1 Å². The molecule has 5 heteroatoms.